The average Bonchev–Trinajstić information content (AvgIpc) is 2.01. The number of hydrogen-bond acceptors (Lipinski definition) is 2. The summed E-state index contributed by atoms with van der Waals surface area (Å²) in [5, 5.41) is 0.567. The molecule has 1 aromatic rings. The van der Waals surface area contributed by atoms with Crippen molar-refractivity contribution in [2.75, 3.05) is 0 Å². The summed E-state index contributed by atoms with van der Waals surface area (Å²) < 4.78 is 0. The Balaban J connectivity index is 2.57. The minimum absolute atomic E-state index is 0.255. The molecule has 12 heavy (non-hydrogen) atoms. The van der Waals surface area contributed by atoms with Crippen LogP contribution in [0.5, 0.6) is 5.75 Å². The van der Waals surface area contributed by atoms with Crippen LogP contribution in [0.3, 0.4) is 0 Å². The molecule has 0 aliphatic carbocycles. The molecule has 0 atom stereocenters. The number of carbonyl (C=O) groups is 1. The van der Waals surface area contributed by atoms with Crippen molar-refractivity contribution in [3.05, 3.63) is 29.3 Å². The number of rotatable bonds is 2. The molecule has 0 aromatic heterocycles. The molecule has 0 saturated heterocycles. The van der Waals surface area contributed by atoms with E-state index in [9.17, 15) is 4.79 Å². The zero-order chi connectivity index (χ0) is 8.97. The summed E-state index contributed by atoms with van der Waals surface area (Å²) in [6, 6.07) is 6.76. The van der Waals surface area contributed by atoms with Crippen LogP contribution in [0.25, 0.3) is 0 Å². The smallest absolute Gasteiger partial charge is 0.249 e. The maximum Gasteiger partial charge on any atom is 0.249 e. The van der Waals surface area contributed by atoms with Gasteiger partial charge in [0.2, 0.25) is 5.91 Å². The average molecular weight is 186 g/mol. The second-order valence-corrected chi connectivity index (χ2v) is 2.65. The normalized spacial score (nSPS) is 9.17. The molecular formula is C8H8ClNO2. The van der Waals surface area contributed by atoms with Crippen molar-refractivity contribution in [3.63, 3.8) is 0 Å². The van der Waals surface area contributed by atoms with E-state index in [1.807, 2.05) is 0 Å². The largest absolute Gasteiger partial charge is 0.379 e. The van der Waals surface area contributed by atoms with Crippen LogP contribution in [0.2, 0.25) is 5.02 Å². The van der Waals surface area contributed by atoms with Crippen molar-refractivity contribution in [1.82, 2.24) is 5.48 Å². The molecule has 0 bridgehead atoms. The van der Waals surface area contributed by atoms with Gasteiger partial charge in [-0.05, 0) is 12.1 Å². The first-order valence-corrected chi connectivity index (χ1v) is 3.75. The van der Waals surface area contributed by atoms with Crippen LogP contribution in [0, 0.1) is 0 Å². The van der Waals surface area contributed by atoms with E-state index in [2.05, 4.69) is 5.48 Å². The molecule has 0 heterocycles. The van der Waals surface area contributed by atoms with Crippen molar-refractivity contribution in [2.24, 2.45) is 0 Å². The molecule has 1 aromatic carbocycles. The summed E-state index contributed by atoms with van der Waals surface area (Å²) in [7, 11) is 0. The molecule has 1 rings (SSSR count). The minimum atomic E-state index is -0.255. The zero-order valence-corrected chi connectivity index (χ0v) is 7.26. The van der Waals surface area contributed by atoms with Crippen molar-refractivity contribution in [2.45, 2.75) is 6.92 Å². The van der Waals surface area contributed by atoms with E-state index in [-0.39, 0.29) is 5.91 Å². The fraction of sp³-hybridized carbons (Fsp3) is 0.125. The second kappa shape index (κ2) is 3.97. The van der Waals surface area contributed by atoms with Crippen LogP contribution in [0.4, 0.5) is 0 Å². The van der Waals surface area contributed by atoms with Gasteiger partial charge in [-0.3, -0.25) is 4.79 Å². The predicted octanol–water partition coefficient (Wildman–Crippen LogP) is 1.77. The maximum atomic E-state index is 10.4. The summed E-state index contributed by atoms with van der Waals surface area (Å²) in [4.78, 5) is 15.3. The number of carbonyl (C=O) groups excluding carboxylic acids is 1. The van der Waals surface area contributed by atoms with Gasteiger partial charge in [-0.25, -0.2) is 0 Å². The van der Waals surface area contributed by atoms with E-state index in [1.54, 1.807) is 24.3 Å². The summed E-state index contributed by atoms with van der Waals surface area (Å²) in [6.45, 7) is 1.37. The minimum Gasteiger partial charge on any atom is -0.379 e. The quantitative estimate of drug-likeness (QED) is 0.714. The van der Waals surface area contributed by atoms with Crippen molar-refractivity contribution < 1.29 is 9.63 Å². The third kappa shape index (κ3) is 2.80. The van der Waals surface area contributed by atoms with Crippen LogP contribution in [0.15, 0.2) is 24.3 Å². The first-order chi connectivity index (χ1) is 5.68. The Morgan fingerprint density at radius 2 is 2.33 bits per heavy atom. The van der Waals surface area contributed by atoms with Gasteiger partial charge in [0.05, 0.1) is 0 Å². The van der Waals surface area contributed by atoms with Gasteiger partial charge in [-0.1, -0.05) is 17.7 Å². The van der Waals surface area contributed by atoms with Crippen LogP contribution in [-0.2, 0) is 4.79 Å². The lowest BCUT2D eigenvalue weighted by Crippen LogP contribution is -2.23. The maximum absolute atomic E-state index is 10.4. The van der Waals surface area contributed by atoms with Crippen LogP contribution >= 0.6 is 11.6 Å². The van der Waals surface area contributed by atoms with Gasteiger partial charge >= 0.3 is 0 Å². The van der Waals surface area contributed by atoms with Gasteiger partial charge in [0.15, 0.2) is 5.75 Å². The number of halogens is 1. The first kappa shape index (κ1) is 8.87. The highest BCUT2D eigenvalue weighted by Crippen LogP contribution is 2.15. The van der Waals surface area contributed by atoms with Crippen molar-refractivity contribution in [3.8, 4) is 5.75 Å². The van der Waals surface area contributed by atoms with Crippen LogP contribution in [0.1, 0.15) is 6.92 Å². The van der Waals surface area contributed by atoms with Crippen molar-refractivity contribution in [1.29, 1.82) is 0 Å². The molecule has 0 unspecified atom stereocenters. The summed E-state index contributed by atoms with van der Waals surface area (Å²) in [6.07, 6.45) is 0. The van der Waals surface area contributed by atoms with E-state index in [4.69, 9.17) is 16.4 Å². The van der Waals surface area contributed by atoms with Gasteiger partial charge in [0.1, 0.15) is 0 Å². The van der Waals surface area contributed by atoms with Gasteiger partial charge in [0, 0.05) is 18.0 Å². The molecule has 1 N–H and O–H groups in total. The van der Waals surface area contributed by atoms with E-state index < -0.39 is 0 Å². The van der Waals surface area contributed by atoms with Gasteiger partial charge < -0.3 is 4.84 Å². The summed E-state index contributed by atoms with van der Waals surface area (Å²) in [5.74, 6) is 0.257. The number of amides is 1. The van der Waals surface area contributed by atoms with Gasteiger partial charge in [-0.15, -0.1) is 0 Å². The third-order valence-electron chi connectivity index (χ3n) is 1.11. The first-order valence-electron chi connectivity index (χ1n) is 3.37. The number of benzene rings is 1. The van der Waals surface area contributed by atoms with E-state index in [1.165, 1.54) is 6.92 Å². The second-order valence-electron chi connectivity index (χ2n) is 2.22. The Hall–Kier alpha value is -1.22. The topological polar surface area (TPSA) is 38.3 Å². The lowest BCUT2D eigenvalue weighted by atomic mass is 10.3. The molecular weight excluding hydrogens is 178 g/mol. The third-order valence-corrected chi connectivity index (χ3v) is 1.34. The molecule has 0 spiro atoms. The Kier molecular flexibility index (Phi) is 2.94. The standard InChI is InChI=1S/C8H8ClNO2/c1-6(11)10-12-8-4-2-3-7(9)5-8/h2-5H,1H3,(H,10,11). The highest BCUT2D eigenvalue weighted by Gasteiger charge is 1.95. The molecule has 64 valence electrons. The Morgan fingerprint density at radius 1 is 1.58 bits per heavy atom. The summed E-state index contributed by atoms with van der Waals surface area (Å²) >= 11 is 5.67. The lowest BCUT2D eigenvalue weighted by Gasteiger charge is -2.03. The summed E-state index contributed by atoms with van der Waals surface area (Å²) in [5.41, 5.74) is 2.19. The fourth-order valence-corrected chi connectivity index (χ4v) is 0.842. The van der Waals surface area contributed by atoms with Crippen LogP contribution < -0.4 is 10.3 Å². The number of nitrogens with one attached hydrogen (secondary N) is 1. The van der Waals surface area contributed by atoms with Crippen molar-refractivity contribution >= 4 is 17.5 Å². The van der Waals surface area contributed by atoms with Crippen LogP contribution in [-0.4, -0.2) is 5.91 Å². The highest BCUT2D eigenvalue weighted by atomic mass is 35.5. The monoisotopic (exact) mass is 185 g/mol. The molecule has 0 radical (unpaired) electrons. The van der Waals surface area contributed by atoms with E-state index in [0.717, 1.165) is 0 Å². The Morgan fingerprint density at radius 3 is 2.92 bits per heavy atom. The Bertz CT molecular complexity index is 288. The zero-order valence-electron chi connectivity index (χ0n) is 6.50. The van der Waals surface area contributed by atoms with E-state index >= 15 is 0 Å². The molecule has 0 aliphatic heterocycles. The molecule has 3 nitrogen and oxygen atoms in total. The lowest BCUT2D eigenvalue weighted by molar-refractivity contribution is -0.125. The molecule has 0 fully saturated rings. The molecule has 0 aliphatic rings. The number of hydroxylamine groups is 1. The Labute approximate surface area is 75.2 Å². The SMILES string of the molecule is CC(=O)NOc1cccc(Cl)c1. The number of hydrogen-bond donors (Lipinski definition) is 1. The predicted molar refractivity (Wildman–Crippen MR) is 45.9 cm³/mol. The fourth-order valence-electron chi connectivity index (χ4n) is 0.661. The molecule has 1 amide bonds. The molecule has 0 saturated carbocycles. The van der Waals surface area contributed by atoms with E-state index in [0.29, 0.717) is 10.8 Å². The highest BCUT2D eigenvalue weighted by molar-refractivity contribution is 6.30. The van der Waals surface area contributed by atoms with Gasteiger partial charge in [-0.2, -0.15) is 5.48 Å². The molecule has 4 heteroatoms. The van der Waals surface area contributed by atoms with Gasteiger partial charge in [0.25, 0.3) is 0 Å².